The third-order valence-corrected chi connectivity index (χ3v) is 5.86. The van der Waals surface area contributed by atoms with Crippen LogP contribution >= 0.6 is 0 Å². The van der Waals surface area contributed by atoms with Crippen LogP contribution in [0.2, 0.25) is 0 Å². The first-order valence-electron chi connectivity index (χ1n) is 9.55. The molecular formula is C20H23N5O2. The number of amides is 1. The molecule has 1 fully saturated rings. The molecule has 0 N–H and O–H groups in total. The molecule has 1 saturated carbocycles. The molecule has 1 aromatic carbocycles. The van der Waals surface area contributed by atoms with Gasteiger partial charge in [-0.05, 0) is 38.8 Å². The average Bonchev–Trinajstić information content (AvgIpc) is 3.07. The number of carbonyl (C=O) groups is 1. The number of anilines is 2. The normalized spacial score (nSPS) is 25.1. The summed E-state index contributed by atoms with van der Waals surface area (Å²) in [5.41, 5.74) is 2.02. The van der Waals surface area contributed by atoms with Crippen molar-refractivity contribution in [3.63, 3.8) is 0 Å². The number of aliphatic imine (C=N–C) groups is 1. The van der Waals surface area contributed by atoms with Gasteiger partial charge in [-0.1, -0.05) is 24.2 Å². The Bertz CT molecular complexity index is 930. The van der Waals surface area contributed by atoms with Crippen molar-refractivity contribution < 1.29 is 9.32 Å². The lowest BCUT2D eigenvalue weighted by molar-refractivity contribution is -0.120. The predicted molar refractivity (Wildman–Crippen MR) is 102 cm³/mol. The zero-order chi connectivity index (χ0) is 18.8. The van der Waals surface area contributed by atoms with Gasteiger partial charge in [0.15, 0.2) is 5.82 Å². The van der Waals surface area contributed by atoms with Crippen LogP contribution in [0, 0.1) is 0 Å². The lowest BCUT2D eigenvalue weighted by atomic mass is 9.98. The largest absolute Gasteiger partial charge is 0.339 e. The quantitative estimate of drug-likeness (QED) is 0.833. The van der Waals surface area contributed by atoms with Gasteiger partial charge in [-0.3, -0.25) is 9.79 Å². The number of para-hydroxylation sites is 2. The van der Waals surface area contributed by atoms with E-state index in [0.717, 1.165) is 30.0 Å². The van der Waals surface area contributed by atoms with Crippen molar-refractivity contribution in [2.24, 2.45) is 4.99 Å². The Hall–Kier alpha value is -2.70. The van der Waals surface area contributed by atoms with E-state index in [0.29, 0.717) is 12.3 Å². The van der Waals surface area contributed by atoms with E-state index in [9.17, 15) is 4.79 Å². The highest BCUT2D eigenvalue weighted by atomic mass is 16.5. The maximum absolute atomic E-state index is 13.3. The maximum Gasteiger partial charge on any atom is 0.252 e. The molecule has 2 aliphatic heterocycles. The Morgan fingerprint density at radius 3 is 2.70 bits per heavy atom. The van der Waals surface area contributed by atoms with Crippen LogP contribution in [0.4, 0.5) is 11.4 Å². The highest BCUT2D eigenvalue weighted by Gasteiger charge is 2.47. The van der Waals surface area contributed by atoms with Gasteiger partial charge in [0.1, 0.15) is 6.04 Å². The predicted octanol–water partition coefficient (Wildman–Crippen LogP) is 2.70. The second kappa shape index (κ2) is 5.65. The van der Waals surface area contributed by atoms with Gasteiger partial charge in [-0.15, -0.1) is 0 Å². The fourth-order valence-electron chi connectivity index (χ4n) is 4.01. The zero-order valence-corrected chi connectivity index (χ0v) is 15.8. The molecule has 27 heavy (non-hydrogen) atoms. The molecule has 3 aliphatic rings. The Labute approximate surface area is 158 Å². The van der Waals surface area contributed by atoms with E-state index in [1.165, 1.54) is 0 Å². The van der Waals surface area contributed by atoms with Gasteiger partial charge in [-0.2, -0.15) is 4.98 Å². The van der Waals surface area contributed by atoms with Crippen LogP contribution in [-0.4, -0.2) is 40.5 Å². The van der Waals surface area contributed by atoms with Gasteiger partial charge < -0.3 is 14.3 Å². The van der Waals surface area contributed by atoms with Gasteiger partial charge >= 0.3 is 0 Å². The first-order chi connectivity index (χ1) is 13.0. The summed E-state index contributed by atoms with van der Waals surface area (Å²) in [7, 11) is 0. The Morgan fingerprint density at radius 2 is 2.00 bits per heavy atom. The smallest absolute Gasteiger partial charge is 0.252 e. The zero-order valence-electron chi connectivity index (χ0n) is 15.8. The van der Waals surface area contributed by atoms with Crippen LogP contribution < -0.4 is 9.80 Å². The number of rotatable bonds is 4. The summed E-state index contributed by atoms with van der Waals surface area (Å²) >= 11 is 0. The fourth-order valence-corrected chi connectivity index (χ4v) is 4.01. The molecule has 2 atom stereocenters. The van der Waals surface area contributed by atoms with Crippen LogP contribution in [0.5, 0.6) is 0 Å². The summed E-state index contributed by atoms with van der Waals surface area (Å²) in [6.45, 7) is 6.23. The highest BCUT2D eigenvalue weighted by Crippen LogP contribution is 2.46. The third kappa shape index (κ3) is 2.48. The number of carbonyl (C=O) groups excluding carboxylic acids is 1. The van der Waals surface area contributed by atoms with E-state index in [4.69, 9.17) is 4.52 Å². The molecule has 0 saturated heterocycles. The molecule has 7 nitrogen and oxygen atoms in total. The highest BCUT2D eigenvalue weighted by molar-refractivity contribution is 6.12. The first-order valence-corrected chi connectivity index (χ1v) is 9.55. The molecule has 1 amide bonds. The van der Waals surface area contributed by atoms with Gasteiger partial charge in [0.25, 0.3) is 5.91 Å². The van der Waals surface area contributed by atoms with Gasteiger partial charge in [-0.25, -0.2) is 0 Å². The molecule has 0 spiro atoms. The average molecular weight is 365 g/mol. The standard InChI is InChI=1S/C20H23N5O2/c1-12(2)25-15-7-5-4-6-14(15)24-11-21-13(17(24)18(25)26)10-16-22-19(23-27-16)20(3)8-9-20/h4-7,11-13,17H,8-10H2,1-3H3. The van der Waals surface area contributed by atoms with Crippen molar-refractivity contribution in [1.82, 2.24) is 10.1 Å². The molecule has 7 heteroatoms. The van der Waals surface area contributed by atoms with E-state index in [1.54, 1.807) is 6.34 Å². The summed E-state index contributed by atoms with van der Waals surface area (Å²) in [5, 5.41) is 4.15. The minimum atomic E-state index is -0.367. The summed E-state index contributed by atoms with van der Waals surface area (Å²) in [6.07, 6.45) is 4.45. The molecule has 2 unspecified atom stereocenters. The monoisotopic (exact) mass is 365 g/mol. The number of aromatic nitrogens is 2. The van der Waals surface area contributed by atoms with Crippen LogP contribution in [-0.2, 0) is 16.6 Å². The Kier molecular flexibility index (Phi) is 3.44. The number of nitrogens with zero attached hydrogens (tertiary/aromatic N) is 5. The van der Waals surface area contributed by atoms with E-state index < -0.39 is 0 Å². The Balaban J connectivity index is 1.45. The molecule has 0 bridgehead atoms. The van der Waals surface area contributed by atoms with Crippen molar-refractivity contribution >= 4 is 23.6 Å². The molecular weight excluding hydrogens is 342 g/mol. The van der Waals surface area contributed by atoms with Crippen LogP contribution in [0.3, 0.4) is 0 Å². The van der Waals surface area contributed by atoms with Gasteiger partial charge in [0.2, 0.25) is 5.89 Å². The van der Waals surface area contributed by atoms with Crippen LogP contribution in [0.15, 0.2) is 33.8 Å². The van der Waals surface area contributed by atoms with Crippen LogP contribution in [0.1, 0.15) is 45.3 Å². The van der Waals surface area contributed by atoms with E-state index in [-0.39, 0.29) is 29.4 Å². The van der Waals surface area contributed by atoms with Crippen molar-refractivity contribution in [3.05, 3.63) is 36.0 Å². The molecule has 3 heterocycles. The molecule has 0 radical (unpaired) electrons. The minimum absolute atomic E-state index is 0.0695. The molecule has 140 valence electrons. The fraction of sp³-hybridized carbons (Fsp3) is 0.500. The lowest BCUT2D eigenvalue weighted by Gasteiger charge is -2.41. The number of hydrogen-bond acceptors (Lipinski definition) is 6. The van der Waals surface area contributed by atoms with Crippen molar-refractivity contribution in [2.45, 2.75) is 63.6 Å². The SMILES string of the molecule is CC(C)N1C(=O)C2C(Cc3nc(C4(C)CC4)no3)N=CN2c2ccccc21. The lowest BCUT2D eigenvalue weighted by Crippen LogP contribution is -2.57. The molecule has 5 rings (SSSR count). The van der Waals surface area contributed by atoms with E-state index in [2.05, 4.69) is 22.1 Å². The summed E-state index contributed by atoms with van der Waals surface area (Å²) < 4.78 is 5.47. The minimum Gasteiger partial charge on any atom is -0.339 e. The number of fused-ring (bicyclic) bond motifs is 3. The van der Waals surface area contributed by atoms with Crippen LogP contribution in [0.25, 0.3) is 0 Å². The van der Waals surface area contributed by atoms with Crippen molar-refractivity contribution in [1.29, 1.82) is 0 Å². The third-order valence-electron chi connectivity index (χ3n) is 5.86. The summed E-state index contributed by atoms with van der Waals surface area (Å²) in [5.74, 6) is 1.41. The van der Waals surface area contributed by atoms with Crippen molar-refractivity contribution in [2.75, 3.05) is 9.80 Å². The number of benzene rings is 1. The van der Waals surface area contributed by atoms with Gasteiger partial charge in [0, 0.05) is 11.5 Å². The second-order valence-corrected chi connectivity index (χ2v) is 8.25. The number of hydrogen-bond donors (Lipinski definition) is 0. The maximum atomic E-state index is 13.3. The topological polar surface area (TPSA) is 74.8 Å². The summed E-state index contributed by atoms with van der Waals surface area (Å²) in [6, 6.07) is 7.47. The van der Waals surface area contributed by atoms with E-state index in [1.807, 2.05) is 47.9 Å². The Morgan fingerprint density at radius 1 is 1.26 bits per heavy atom. The first kappa shape index (κ1) is 16.5. The molecule has 2 aromatic rings. The van der Waals surface area contributed by atoms with Gasteiger partial charge in [0.05, 0.1) is 30.2 Å². The second-order valence-electron chi connectivity index (χ2n) is 8.25. The molecule has 1 aliphatic carbocycles. The van der Waals surface area contributed by atoms with Crippen molar-refractivity contribution in [3.8, 4) is 0 Å². The molecule has 1 aromatic heterocycles. The summed E-state index contributed by atoms with van der Waals surface area (Å²) in [4.78, 5) is 26.4. The van der Waals surface area contributed by atoms with E-state index >= 15 is 0 Å².